The minimum absolute atomic E-state index is 0.0000502. The third-order valence-electron chi connectivity index (χ3n) is 7.71. The lowest BCUT2D eigenvalue weighted by atomic mass is 9.94. The molecule has 10 nitrogen and oxygen atoms in total. The van der Waals surface area contributed by atoms with Gasteiger partial charge in [0.2, 0.25) is 5.89 Å². The molecule has 2 N–H and O–H groups in total. The molecular formula is C30H34N8O2. The van der Waals surface area contributed by atoms with Gasteiger partial charge in [0.15, 0.2) is 5.65 Å². The van der Waals surface area contributed by atoms with E-state index in [1.807, 2.05) is 58.6 Å². The number of aryl methyl sites for hydroxylation is 3. The van der Waals surface area contributed by atoms with E-state index in [9.17, 15) is 4.79 Å². The number of imidazole rings is 1. The molecule has 1 aromatic carbocycles. The van der Waals surface area contributed by atoms with Gasteiger partial charge in [0.05, 0.1) is 17.3 Å². The lowest BCUT2D eigenvalue weighted by molar-refractivity contribution is 0.0896. The first-order chi connectivity index (χ1) is 19.1. The van der Waals surface area contributed by atoms with Gasteiger partial charge in [0.1, 0.15) is 11.3 Å². The molecule has 1 aliphatic rings. The van der Waals surface area contributed by atoms with E-state index in [-0.39, 0.29) is 23.3 Å². The van der Waals surface area contributed by atoms with Crippen LogP contribution in [0.2, 0.25) is 0 Å². The highest BCUT2D eigenvalue weighted by atomic mass is 16.4. The summed E-state index contributed by atoms with van der Waals surface area (Å²) >= 11 is 0. The zero-order valence-corrected chi connectivity index (χ0v) is 23.8. The van der Waals surface area contributed by atoms with E-state index in [0.717, 1.165) is 76.3 Å². The Morgan fingerprint density at radius 3 is 2.70 bits per heavy atom. The Balaban J connectivity index is 1.32. The molecule has 10 heteroatoms. The van der Waals surface area contributed by atoms with Crippen molar-refractivity contribution in [3.63, 3.8) is 0 Å². The van der Waals surface area contributed by atoms with Crippen LogP contribution in [-0.4, -0.2) is 40.8 Å². The summed E-state index contributed by atoms with van der Waals surface area (Å²) in [5.41, 5.74) is 8.65. The predicted octanol–water partition coefficient (Wildman–Crippen LogP) is 5.52. The number of fused-ring (bicyclic) bond motifs is 2. The minimum atomic E-state index is -0.342. The Hall–Kier alpha value is -4.34. The summed E-state index contributed by atoms with van der Waals surface area (Å²) in [6, 6.07) is 8.35. The summed E-state index contributed by atoms with van der Waals surface area (Å²) in [5, 5.41) is 15.8. The molecule has 0 saturated carbocycles. The average molecular weight is 539 g/mol. The number of nitrogens with one attached hydrogen (secondary N) is 2. The highest BCUT2D eigenvalue weighted by Crippen LogP contribution is 2.35. The first-order valence-electron chi connectivity index (χ1n) is 13.7. The van der Waals surface area contributed by atoms with Crippen LogP contribution in [0, 0.1) is 13.8 Å². The first kappa shape index (κ1) is 25.9. The third-order valence-corrected chi connectivity index (χ3v) is 7.71. The Kier molecular flexibility index (Phi) is 6.28. The van der Waals surface area contributed by atoms with Gasteiger partial charge in [-0.3, -0.25) is 9.48 Å². The van der Waals surface area contributed by atoms with Gasteiger partial charge in [-0.15, -0.1) is 10.2 Å². The van der Waals surface area contributed by atoms with Gasteiger partial charge >= 0.3 is 11.8 Å². The van der Waals surface area contributed by atoms with Crippen molar-refractivity contribution in [1.29, 1.82) is 0 Å². The van der Waals surface area contributed by atoms with E-state index in [1.165, 1.54) is 5.56 Å². The van der Waals surface area contributed by atoms with Crippen LogP contribution in [0.15, 0.2) is 34.9 Å². The van der Waals surface area contributed by atoms with Crippen molar-refractivity contribution in [3.8, 4) is 22.5 Å². The largest absolute Gasteiger partial charge is 0.416 e. The maximum atomic E-state index is 13.0. The molecule has 1 unspecified atom stereocenters. The van der Waals surface area contributed by atoms with Crippen molar-refractivity contribution >= 4 is 17.1 Å². The Labute approximate surface area is 232 Å². The van der Waals surface area contributed by atoms with Gasteiger partial charge in [-0.25, -0.2) is 9.97 Å². The third kappa shape index (κ3) is 4.57. The molecule has 0 aliphatic heterocycles. The number of H-pyrrole nitrogens is 1. The number of pyridine rings is 1. The number of rotatable bonds is 4. The van der Waals surface area contributed by atoms with Gasteiger partial charge < -0.3 is 14.7 Å². The fraction of sp³-hybridized carbons (Fsp3) is 0.400. The molecule has 0 spiro atoms. The van der Waals surface area contributed by atoms with Gasteiger partial charge in [-0.2, -0.15) is 5.10 Å². The van der Waals surface area contributed by atoms with Crippen molar-refractivity contribution in [1.82, 2.24) is 40.2 Å². The maximum absolute atomic E-state index is 13.0. The van der Waals surface area contributed by atoms with E-state index in [1.54, 1.807) is 0 Å². The highest BCUT2D eigenvalue weighted by molar-refractivity contribution is 5.92. The fourth-order valence-electron chi connectivity index (χ4n) is 5.52. The fourth-order valence-corrected chi connectivity index (χ4v) is 5.52. The lowest BCUT2D eigenvalue weighted by Gasteiger charge is -2.19. The summed E-state index contributed by atoms with van der Waals surface area (Å²) in [7, 11) is 1.94. The van der Waals surface area contributed by atoms with Crippen molar-refractivity contribution in [2.45, 2.75) is 71.8 Å². The van der Waals surface area contributed by atoms with Crippen molar-refractivity contribution in [2.75, 3.05) is 0 Å². The van der Waals surface area contributed by atoms with Crippen molar-refractivity contribution in [3.05, 3.63) is 64.8 Å². The Bertz CT molecular complexity index is 1740. The van der Waals surface area contributed by atoms with E-state index in [2.05, 4.69) is 48.8 Å². The number of benzene rings is 1. The zero-order valence-electron chi connectivity index (χ0n) is 23.8. The molecule has 0 saturated heterocycles. The van der Waals surface area contributed by atoms with Crippen molar-refractivity contribution < 1.29 is 9.21 Å². The second kappa shape index (κ2) is 9.69. The number of amides is 1. The number of carbonyl (C=O) groups excluding carboxylic acids is 1. The monoisotopic (exact) mass is 538 g/mol. The molecule has 1 amide bonds. The van der Waals surface area contributed by atoms with Crippen molar-refractivity contribution in [2.24, 2.45) is 7.05 Å². The molecule has 1 aliphatic carbocycles. The molecule has 5 aromatic rings. The van der Waals surface area contributed by atoms with E-state index < -0.39 is 0 Å². The summed E-state index contributed by atoms with van der Waals surface area (Å²) < 4.78 is 7.55. The van der Waals surface area contributed by atoms with Crippen LogP contribution >= 0.6 is 0 Å². The number of aromatic nitrogens is 7. The van der Waals surface area contributed by atoms with Crippen LogP contribution in [0.25, 0.3) is 33.7 Å². The number of carbonyl (C=O) groups is 1. The Morgan fingerprint density at radius 2 is 1.98 bits per heavy atom. The van der Waals surface area contributed by atoms with Crippen LogP contribution in [0.4, 0.5) is 0 Å². The molecule has 40 heavy (non-hydrogen) atoms. The van der Waals surface area contributed by atoms with Crippen LogP contribution in [-0.2, 0) is 18.9 Å². The summed E-state index contributed by atoms with van der Waals surface area (Å²) in [5.74, 6) is 0.875. The van der Waals surface area contributed by atoms with Gasteiger partial charge in [0.25, 0.3) is 0 Å². The molecule has 0 radical (unpaired) electrons. The molecule has 0 bridgehead atoms. The SMILES string of the molecule is Cc1nn(C)c(C)c1-c1nc2c(-c3ccc4c(c3)CCCCC4NC(=O)c3nnc(C(C)(C)C)o3)ccnc2[nH]1. The topological polar surface area (TPSA) is 127 Å². The van der Waals surface area contributed by atoms with Gasteiger partial charge in [0, 0.05) is 29.9 Å². The summed E-state index contributed by atoms with van der Waals surface area (Å²) in [6.45, 7) is 9.96. The summed E-state index contributed by atoms with van der Waals surface area (Å²) in [4.78, 5) is 26.0. The first-order valence-corrected chi connectivity index (χ1v) is 13.7. The second-order valence-corrected chi connectivity index (χ2v) is 11.7. The zero-order chi connectivity index (χ0) is 28.2. The van der Waals surface area contributed by atoms with Gasteiger partial charge in [-0.1, -0.05) is 45.4 Å². The van der Waals surface area contributed by atoms with Crippen LogP contribution in [0.5, 0.6) is 0 Å². The summed E-state index contributed by atoms with van der Waals surface area (Å²) in [6.07, 6.45) is 5.67. The lowest BCUT2D eigenvalue weighted by Crippen LogP contribution is -2.29. The van der Waals surface area contributed by atoms with E-state index >= 15 is 0 Å². The standard InChI is InChI=1S/C30H34N8O2/c1-16-23(17(2)38(6)37-16)25-33-24-21(13-14-31-26(24)34-25)19-11-12-20-18(15-19)9-7-8-10-22(20)32-27(39)28-35-36-29(40-28)30(3,4)5/h11-15,22H,7-10H2,1-6H3,(H,32,39)(H,31,33,34). The molecular weight excluding hydrogens is 504 g/mol. The smallest absolute Gasteiger partial charge is 0.309 e. The Morgan fingerprint density at radius 1 is 1.15 bits per heavy atom. The number of aromatic amines is 1. The van der Waals surface area contributed by atoms with Crippen LogP contribution < -0.4 is 5.32 Å². The van der Waals surface area contributed by atoms with E-state index in [4.69, 9.17) is 9.40 Å². The number of nitrogens with zero attached hydrogens (tertiary/aromatic N) is 6. The normalized spacial score (nSPS) is 15.7. The van der Waals surface area contributed by atoms with E-state index in [0.29, 0.717) is 5.89 Å². The van der Waals surface area contributed by atoms with Crippen LogP contribution in [0.3, 0.4) is 0 Å². The van der Waals surface area contributed by atoms with Gasteiger partial charge in [-0.05, 0) is 55.9 Å². The predicted molar refractivity (Wildman–Crippen MR) is 152 cm³/mol. The number of hydrogen-bond donors (Lipinski definition) is 2. The molecule has 6 rings (SSSR count). The average Bonchev–Trinajstić information content (AvgIpc) is 3.59. The highest BCUT2D eigenvalue weighted by Gasteiger charge is 2.27. The minimum Gasteiger partial charge on any atom is -0.416 e. The maximum Gasteiger partial charge on any atom is 0.309 e. The van der Waals surface area contributed by atoms with Crippen LogP contribution in [0.1, 0.15) is 85.2 Å². The molecule has 0 fully saturated rings. The molecule has 1 atom stereocenters. The second-order valence-electron chi connectivity index (χ2n) is 11.7. The molecule has 4 heterocycles. The quantitative estimate of drug-likeness (QED) is 0.288. The molecule has 4 aromatic heterocycles. The molecule has 206 valence electrons. The number of hydrogen-bond acceptors (Lipinski definition) is 7.